The fourth-order valence-corrected chi connectivity index (χ4v) is 1.59. The number of hydrogen-bond acceptors (Lipinski definition) is 4. The maximum atomic E-state index is 11.5. The molecule has 2 N–H and O–H groups in total. The summed E-state index contributed by atoms with van der Waals surface area (Å²) >= 11 is 0. The van der Waals surface area contributed by atoms with Gasteiger partial charge in [0.05, 0.1) is 19.4 Å². The van der Waals surface area contributed by atoms with E-state index in [1.165, 1.54) is 6.26 Å². The van der Waals surface area contributed by atoms with Gasteiger partial charge in [0.2, 0.25) is 5.91 Å². The van der Waals surface area contributed by atoms with Gasteiger partial charge in [0.25, 0.3) is 0 Å². The van der Waals surface area contributed by atoms with Gasteiger partial charge in [0.1, 0.15) is 0 Å². The van der Waals surface area contributed by atoms with E-state index in [4.69, 9.17) is 4.74 Å². The van der Waals surface area contributed by atoms with Gasteiger partial charge in [-0.15, -0.1) is 0 Å². The average Bonchev–Trinajstić information content (AvgIpc) is 2.30. The average molecular weight is 227 g/mol. The third kappa shape index (κ3) is 5.72. The zero-order chi connectivity index (χ0) is 11.6. The van der Waals surface area contributed by atoms with Gasteiger partial charge in [-0.2, -0.15) is 0 Å². The first kappa shape index (κ1) is 13.0. The van der Waals surface area contributed by atoms with Crippen LogP contribution in [0, 0.1) is 0 Å². The Bertz CT molecular complexity index is 215. The molecule has 16 heavy (non-hydrogen) atoms. The summed E-state index contributed by atoms with van der Waals surface area (Å²) in [6.45, 7) is 9.07. The lowest BCUT2D eigenvalue weighted by Gasteiger charge is -2.26. The number of rotatable bonds is 7. The molecule has 1 aliphatic heterocycles. The molecule has 0 aliphatic carbocycles. The number of ether oxygens (including phenoxy) is 1. The molecule has 1 heterocycles. The van der Waals surface area contributed by atoms with Crippen molar-refractivity contribution in [3.63, 3.8) is 0 Å². The first-order valence-corrected chi connectivity index (χ1v) is 5.75. The van der Waals surface area contributed by atoms with E-state index in [0.717, 1.165) is 32.6 Å². The maximum absolute atomic E-state index is 11.5. The third-order valence-electron chi connectivity index (χ3n) is 2.46. The Hall–Kier alpha value is -1.07. The number of carbonyl (C=O) groups excluding carboxylic acids is 1. The second-order valence-corrected chi connectivity index (χ2v) is 3.77. The topological polar surface area (TPSA) is 53.6 Å². The van der Waals surface area contributed by atoms with E-state index in [1.54, 1.807) is 0 Å². The first-order chi connectivity index (χ1) is 7.83. The van der Waals surface area contributed by atoms with Crippen molar-refractivity contribution in [1.29, 1.82) is 0 Å². The number of nitrogens with one attached hydrogen (secondary N) is 2. The van der Waals surface area contributed by atoms with E-state index < -0.39 is 0 Å². The Kier molecular flexibility index (Phi) is 6.60. The van der Waals surface area contributed by atoms with Gasteiger partial charge < -0.3 is 15.4 Å². The van der Waals surface area contributed by atoms with Crippen molar-refractivity contribution in [2.24, 2.45) is 0 Å². The molecule has 0 radical (unpaired) electrons. The molecule has 5 nitrogen and oxygen atoms in total. The van der Waals surface area contributed by atoms with Gasteiger partial charge in [0.15, 0.2) is 0 Å². The molecule has 92 valence electrons. The Morgan fingerprint density at radius 3 is 2.94 bits per heavy atom. The van der Waals surface area contributed by atoms with Crippen molar-refractivity contribution in [2.75, 3.05) is 45.9 Å². The van der Waals surface area contributed by atoms with Gasteiger partial charge in [0, 0.05) is 32.7 Å². The monoisotopic (exact) mass is 227 g/mol. The smallest absolute Gasteiger partial charge is 0.234 e. The second kappa shape index (κ2) is 8.13. The number of carbonyl (C=O) groups is 1. The quantitative estimate of drug-likeness (QED) is 0.457. The van der Waals surface area contributed by atoms with Crippen LogP contribution >= 0.6 is 0 Å². The Labute approximate surface area is 96.8 Å². The molecule has 1 fully saturated rings. The molecule has 0 spiro atoms. The van der Waals surface area contributed by atoms with Crippen LogP contribution in [-0.4, -0.2) is 56.7 Å². The van der Waals surface area contributed by atoms with Crippen molar-refractivity contribution in [3.8, 4) is 0 Å². The fourth-order valence-electron chi connectivity index (χ4n) is 1.59. The summed E-state index contributed by atoms with van der Waals surface area (Å²) in [5.41, 5.74) is 0. The zero-order valence-electron chi connectivity index (χ0n) is 9.71. The minimum absolute atomic E-state index is 0.0977. The lowest BCUT2D eigenvalue weighted by molar-refractivity contribution is -0.122. The summed E-state index contributed by atoms with van der Waals surface area (Å²) in [5, 5.41) is 6.13. The van der Waals surface area contributed by atoms with Crippen LogP contribution in [-0.2, 0) is 9.53 Å². The summed E-state index contributed by atoms with van der Waals surface area (Å²) in [5.74, 6) is 0.0977. The first-order valence-electron chi connectivity index (χ1n) is 5.75. The third-order valence-corrected chi connectivity index (χ3v) is 2.46. The molecule has 5 heteroatoms. The number of hydrogen-bond donors (Lipinski definition) is 2. The largest absolute Gasteiger partial charge is 0.502 e. The lowest BCUT2D eigenvalue weighted by atomic mass is 10.3. The molecule has 0 unspecified atom stereocenters. The van der Waals surface area contributed by atoms with Crippen molar-refractivity contribution in [1.82, 2.24) is 15.5 Å². The SMILES string of the molecule is C=COCCCNC(=O)CN1CCNCC1. The standard InChI is InChI=1S/C11H21N3O2/c1-2-16-9-3-4-13-11(15)10-14-7-5-12-6-8-14/h2,12H,1,3-10H2,(H,13,15). The van der Waals surface area contributed by atoms with Crippen molar-refractivity contribution < 1.29 is 9.53 Å². The van der Waals surface area contributed by atoms with Crippen LogP contribution in [0.4, 0.5) is 0 Å². The van der Waals surface area contributed by atoms with E-state index in [2.05, 4.69) is 22.1 Å². The molecule has 1 amide bonds. The van der Waals surface area contributed by atoms with E-state index in [0.29, 0.717) is 19.7 Å². The summed E-state index contributed by atoms with van der Waals surface area (Å²) < 4.78 is 4.96. The molecule has 0 saturated carbocycles. The minimum atomic E-state index is 0.0977. The van der Waals surface area contributed by atoms with Crippen molar-refractivity contribution >= 4 is 5.91 Å². The van der Waals surface area contributed by atoms with E-state index in [-0.39, 0.29) is 5.91 Å². The van der Waals surface area contributed by atoms with Crippen LogP contribution in [0.15, 0.2) is 12.8 Å². The van der Waals surface area contributed by atoms with E-state index in [1.807, 2.05) is 0 Å². The van der Waals surface area contributed by atoms with Gasteiger partial charge in [-0.25, -0.2) is 0 Å². The Morgan fingerprint density at radius 1 is 1.50 bits per heavy atom. The zero-order valence-corrected chi connectivity index (χ0v) is 9.71. The molecular weight excluding hydrogens is 206 g/mol. The Balaban J connectivity index is 1.99. The number of piperazine rings is 1. The molecule has 1 rings (SSSR count). The number of amides is 1. The summed E-state index contributed by atoms with van der Waals surface area (Å²) in [4.78, 5) is 13.7. The molecule has 0 aromatic carbocycles. The maximum Gasteiger partial charge on any atom is 0.234 e. The van der Waals surface area contributed by atoms with Crippen molar-refractivity contribution in [3.05, 3.63) is 12.8 Å². The molecule has 0 aromatic rings. The molecule has 1 saturated heterocycles. The molecular formula is C11H21N3O2. The highest BCUT2D eigenvalue weighted by atomic mass is 16.5. The van der Waals surface area contributed by atoms with Crippen LogP contribution in [0.5, 0.6) is 0 Å². The van der Waals surface area contributed by atoms with Gasteiger partial charge in [-0.3, -0.25) is 9.69 Å². The number of nitrogens with zero attached hydrogens (tertiary/aromatic N) is 1. The summed E-state index contributed by atoms with van der Waals surface area (Å²) in [6.07, 6.45) is 2.24. The van der Waals surface area contributed by atoms with Gasteiger partial charge >= 0.3 is 0 Å². The van der Waals surface area contributed by atoms with Crippen LogP contribution in [0.25, 0.3) is 0 Å². The molecule has 1 aliphatic rings. The van der Waals surface area contributed by atoms with Crippen LogP contribution in [0.1, 0.15) is 6.42 Å². The van der Waals surface area contributed by atoms with Gasteiger partial charge in [-0.1, -0.05) is 6.58 Å². The predicted molar refractivity (Wildman–Crippen MR) is 63.1 cm³/mol. The van der Waals surface area contributed by atoms with Crippen LogP contribution in [0.2, 0.25) is 0 Å². The Morgan fingerprint density at radius 2 is 2.25 bits per heavy atom. The highest BCUT2D eigenvalue weighted by Crippen LogP contribution is 1.91. The van der Waals surface area contributed by atoms with E-state index >= 15 is 0 Å². The van der Waals surface area contributed by atoms with Crippen molar-refractivity contribution in [2.45, 2.75) is 6.42 Å². The fraction of sp³-hybridized carbons (Fsp3) is 0.727. The normalized spacial score (nSPS) is 16.8. The highest BCUT2D eigenvalue weighted by Gasteiger charge is 2.12. The van der Waals surface area contributed by atoms with Gasteiger partial charge in [-0.05, 0) is 6.42 Å². The van der Waals surface area contributed by atoms with Crippen LogP contribution < -0.4 is 10.6 Å². The van der Waals surface area contributed by atoms with E-state index in [9.17, 15) is 4.79 Å². The predicted octanol–water partition coefficient (Wildman–Crippen LogP) is -0.442. The molecule has 0 aromatic heterocycles. The summed E-state index contributed by atoms with van der Waals surface area (Å²) in [6, 6.07) is 0. The molecule has 0 bridgehead atoms. The van der Waals surface area contributed by atoms with Crippen LogP contribution in [0.3, 0.4) is 0 Å². The minimum Gasteiger partial charge on any atom is -0.502 e. The lowest BCUT2D eigenvalue weighted by Crippen LogP contribution is -2.47. The second-order valence-electron chi connectivity index (χ2n) is 3.77. The molecule has 0 atom stereocenters. The highest BCUT2D eigenvalue weighted by molar-refractivity contribution is 5.77. The summed E-state index contributed by atoms with van der Waals surface area (Å²) in [7, 11) is 0.